The van der Waals surface area contributed by atoms with Crippen LogP contribution in [0.3, 0.4) is 0 Å². The first-order valence-corrected chi connectivity index (χ1v) is 8.35. The Balaban J connectivity index is 1.81. The molecule has 1 aromatic carbocycles. The molecule has 0 saturated heterocycles. The molecule has 0 spiro atoms. The summed E-state index contributed by atoms with van der Waals surface area (Å²) in [5, 5.41) is 12.3. The third-order valence-electron chi connectivity index (χ3n) is 4.60. The van der Waals surface area contributed by atoms with Gasteiger partial charge < -0.3 is 15.3 Å². The Morgan fingerprint density at radius 2 is 2.00 bits per heavy atom. The summed E-state index contributed by atoms with van der Waals surface area (Å²) in [6.07, 6.45) is 5.75. The maximum absolute atomic E-state index is 12.2. The van der Waals surface area contributed by atoms with Gasteiger partial charge in [-0.1, -0.05) is 43.2 Å². The van der Waals surface area contributed by atoms with Crippen molar-refractivity contribution < 1.29 is 9.90 Å². The van der Waals surface area contributed by atoms with Gasteiger partial charge in [-0.25, -0.2) is 4.79 Å². The molecule has 4 nitrogen and oxygen atoms in total. The van der Waals surface area contributed by atoms with Gasteiger partial charge in [0.05, 0.1) is 0 Å². The molecule has 1 aliphatic carbocycles. The largest absolute Gasteiger partial charge is 0.396 e. The first-order chi connectivity index (χ1) is 10.7. The van der Waals surface area contributed by atoms with Crippen molar-refractivity contribution in [1.29, 1.82) is 0 Å². The van der Waals surface area contributed by atoms with Crippen LogP contribution in [0.4, 0.5) is 4.79 Å². The summed E-state index contributed by atoms with van der Waals surface area (Å²) in [7, 11) is 1.87. The number of carbonyl (C=O) groups is 1. The molecule has 0 aliphatic heterocycles. The van der Waals surface area contributed by atoms with Crippen LogP contribution in [0.5, 0.6) is 0 Å². The number of aliphatic hydroxyl groups is 1. The minimum Gasteiger partial charge on any atom is -0.396 e. The number of nitrogens with one attached hydrogen (secondary N) is 1. The van der Waals surface area contributed by atoms with E-state index >= 15 is 0 Å². The van der Waals surface area contributed by atoms with Gasteiger partial charge in [-0.05, 0) is 30.7 Å². The lowest BCUT2D eigenvalue weighted by molar-refractivity contribution is 0.199. The number of nitrogens with zero attached hydrogens (tertiary/aromatic N) is 1. The van der Waals surface area contributed by atoms with Gasteiger partial charge in [0.2, 0.25) is 0 Å². The Labute approximate surface area is 133 Å². The molecule has 1 aromatic rings. The average molecular weight is 304 g/mol. The molecule has 0 radical (unpaired) electrons. The van der Waals surface area contributed by atoms with Crippen LogP contribution in [-0.4, -0.2) is 42.8 Å². The van der Waals surface area contributed by atoms with E-state index in [1.165, 1.54) is 25.7 Å². The molecule has 0 aromatic heterocycles. The highest BCUT2D eigenvalue weighted by molar-refractivity contribution is 5.73. The SMILES string of the molecule is CN(CC1CCCC1)C(=O)NCC(CCO)c1ccccc1. The molecule has 1 aliphatic rings. The third kappa shape index (κ3) is 5.02. The Morgan fingerprint density at radius 3 is 2.64 bits per heavy atom. The second kappa shape index (κ2) is 8.79. The van der Waals surface area contributed by atoms with Crippen molar-refractivity contribution in [2.24, 2.45) is 5.92 Å². The molecule has 1 atom stereocenters. The minimum absolute atomic E-state index is 0.00855. The van der Waals surface area contributed by atoms with Gasteiger partial charge in [-0.2, -0.15) is 0 Å². The van der Waals surface area contributed by atoms with E-state index in [0.29, 0.717) is 18.9 Å². The van der Waals surface area contributed by atoms with Crippen LogP contribution in [0.2, 0.25) is 0 Å². The summed E-state index contributed by atoms with van der Waals surface area (Å²) in [6.45, 7) is 1.55. The van der Waals surface area contributed by atoms with Crippen molar-refractivity contribution in [1.82, 2.24) is 10.2 Å². The smallest absolute Gasteiger partial charge is 0.317 e. The van der Waals surface area contributed by atoms with Gasteiger partial charge in [0.15, 0.2) is 0 Å². The van der Waals surface area contributed by atoms with E-state index in [9.17, 15) is 9.90 Å². The molecule has 1 unspecified atom stereocenters. The van der Waals surface area contributed by atoms with E-state index < -0.39 is 0 Å². The Hall–Kier alpha value is -1.55. The zero-order valence-electron chi connectivity index (χ0n) is 13.5. The first-order valence-electron chi connectivity index (χ1n) is 8.35. The lowest BCUT2D eigenvalue weighted by atomic mass is 9.96. The van der Waals surface area contributed by atoms with Crippen LogP contribution in [0.15, 0.2) is 30.3 Å². The number of hydrogen-bond acceptors (Lipinski definition) is 2. The maximum atomic E-state index is 12.2. The summed E-state index contributed by atoms with van der Waals surface area (Å²) < 4.78 is 0. The van der Waals surface area contributed by atoms with Crippen LogP contribution in [0.1, 0.15) is 43.6 Å². The quantitative estimate of drug-likeness (QED) is 0.813. The third-order valence-corrected chi connectivity index (χ3v) is 4.60. The van der Waals surface area contributed by atoms with Crippen LogP contribution in [-0.2, 0) is 0 Å². The Bertz CT molecular complexity index is 444. The number of amides is 2. The van der Waals surface area contributed by atoms with Crippen molar-refractivity contribution in [3.63, 3.8) is 0 Å². The topological polar surface area (TPSA) is 52.6 Å². The maximum Gasteiger partial charge on any atom is 0.317 e. The summed E-state index contributed by atoms with van der Waals surface area (Å²) >= 11 is 0. The van der Waals surface area contributed by atoms with E-state index in [-0.39, 0.29) is 18.6 Å². The fourth-order valence-corrected chi connectivity index (χ4v) is 3.28. The number of rotatable bonds is 7. The van der Waals surface area contributed by atoms with E-state index in [1.807, 2.05) is 25.2 Å². The van der Waals surface area contributed by atoms with Crippen molar-refractivity contribution in [2.45, 2.75) is 38.0 Å². The van der Waals surface area contributed by atoms with Gasteiger partial charge in [-0.3, -0.25) is 0 Å². The molecule has 0 bridgehead atoms. The summed E-state index contributed by atoms with van der Waals surface area (Å²) in [6, 6.07) is 10.1. The monoisotopic (exact) mass is 304 g/mol. The lowest BCUT2D eigenvalue weighted by Gasteiger charge is -2.23. The van der Waals surface area contributed by atoms with Crippen molar-refractivity contribution in [3.8, 4) is 0 Å². The average Bonchev–Trinajstić information content (AvgIpc) is 3.04. The number of hydrogen-bond donors (Lipinski definition) is 2. The Kier molecular flexibility index (Phi) is 6.72. The predicted molar refractivity (Wildman–Crippen MR) is 88.9 cm³/mol. The van der Waals surface area contributed by atoms with Crippen LogP contribution in [0.25, 0.3) is 0 Å². The molecule has 2 rings (SSSR count). The zero-order valence-corrected chi connectivity index (χ0v) is 13.5. The van der Waals surface area contributed by atoms with E-state index in [2.05, 4.69) is 17.4 Å². The van der Waals surface area contributed by atoms with Gasteiger partial charge in [0.1, 0.15) is 0 Å². The van der Waals surface area contributed by atoms with Crippen LogP contribution < -0.4 is 5.32 Å². The zero-order chi connectivity index (χ0) is 15.8. The number of urea groups is 1. The lowest BCUT2D eigenvalue weighted by Crippen LogP contribution is -2.41. The fourth-order valence-electron chi connectivity index (χ4n) is 3.28. The highest BCUT2D eigenvalue weighted by Gasteiger charge is 2.20. The van der Waals surface area contributed by atoms with Crippen LogP contribution >= 0.6 is 0 Å². The standard InChI is InChI=1S/C18H28N2O2/c1-20(14-15-7-5-6-8-15)18(22)19-13-17(11-12-21)16-9-3-2-4-10-16/h2-4,9-10,15,17,21H,5-8,11-14H2,1H3,(H,19,22). The van der Waals surface area contributed by atoms with Gasteiger partial charge >= 0.3 is 6.03 Å². The normalized spacial score (nSPS) is 16.5. The molecule has 1 saturated carbocycles. The Morgan fingerprint density at radius 1 is 1.32 bits per heavy atom. The molecule has 0 heterocycles. The predicted octanol–water partition coefficient (Wildman–Crippen LogP) is 2.98. The second-order valence-electron chi connectivity index (χ2n) is 6.34. The summed E-state index contributed by atoms with van der Waals surface area (Å²) in [4.78, 5) is 14.0. The van der Waals surface area contributed by atoms with Crippen molar-refractivity contribution in [3.05, 3.63) is 35.9 Å². The van der Waals surface area contributed by atoms with Crippen molar-refractivity contribution in [2.75, 3.05) is 26.7 Å². The van der Waals surface area contributed by atoms with E-state index in [0.717, 1.165) is 12.1 Å². The highest BCUT2D eigenvalue weighted by atomic mass is 16.3. The van der Waals surface area contributed by atoms with E-state index in [1.54, 1.807) is 4.90 Å². The minimum atomic E-state index is -0.00855. The molecule has 4 heteroatoms. The van der Waals surface area contributed by atoms with Gasteiger partial charge in [0.25, 0.3) is 0 Å². The van der Waals surface area contributed by atoms with Gasteiger partial charge in [-0.15, -0.1) is 0 Å². The molecule has 2 N–H and O–H groups in total. The number of carbonyl (C=O) groups excluding carboxylic acids is 1. The first kappa shape index (κ1) is 16.8. The summed E-state index contributed by atoms with van der Waals surface area (Å²) in [5.74, 6) is 0.827. The van der Waals surface area contributed by atoms with Crippen LogP contribution in [0, 0.1) is 5.92 Å². The summed E-state index contributed by atoms with van der Waals surface area (Å²) in [5.41, 5.74) is 1.16. The second-order valence-corrected chi connectivity index (χ2v) is 6.34. The van der Waals surface area contributed by atoms with Crippen molar-refractivity contribution >= 4 is 6.03 Å². The molecule has 2 amide bonds. The molecular formula is C18H28N2O2. The van der Waals surface area contributed by atoms with E-state index in [4.69, 9.17) is 0 Å². The molecular weight excluding hydrogens is 276 g/mol. The number of benzene rings is 1. The number of aliphatic hydroxyl groups excluding tert-OH is 1. The highest BCUT2D eigenvalue weighted by Crippen LogP contribution is 2.25. The molecule has 122 valence electrons. The molecule has 22 heavy (non-hydrogen) atoms. The fraction of sp³-hybridized carbons (Fsp3) is 0.611. The molecule has 1 fully saturated rings. The van der Waals surface area contributed by atoms with Gasteiger partial charge in [0, 0.05) is 32.7 Å².